The smallest absolute Gasteiger partial charge is 0.410 e. The van der Waals surface area contributed by atoms with Crippen LogP contribution in [0.4, 0.5) is 9.18 Å². The molecule has 2 heterocycles. The molecule has 1 saturated carbocycles. The Morgan fingerprint density at radius 1 is 1.10 bits per heavy atom. The van der Waals surface area contributed by atoms with Gasteiger partial charge in [-0.05, 0) is 64.2 Å². The molecule has 1 aromatic carbocycles. The molecule has 1 aliphatic heterocycles. The number of nitrogens with one attached hydrogen (secondary N) is 2. The van der Waals surface area contributed by atoms with Crippen LogP contribution in [0.5, 0.6) is 0 Å². The lowest BCUT2D eigenvalue weighted by atomic mass is 9.94. The van der Waals surface area contributed by atoms with Crippen LogP contribution in [0.1, 0.15) is 77.0 Å². The summed E-state index contributed by atoms with van der Waals surface area (Å²) in [5, 5.41) is 6.19. The number of nitrogens with zero attached hydrogens (tertiary/aromatic N) is 3. The molecule has 0 bridgehead atoms. The number of hydrogen-bond acceptors (Lipinski definition) is 5. The van der Waals surface area contributed by atoms with E-state index >= 15 is 0 Å². The molecular formula is C32H44FN5O4. The Bertz CT molecular complexity index is 1240. The first-order valence-electron chi connectivity index (χ1n) is 15.1. The number of ether oxygens (including phenoxy) is 1. The molecule has 0 unspecified atom stereocenters. The highest BCUT2D eigenvalue weighted by molar-refractivity contribution is 5.94. The van der Waals surface area contributed by atoms with E-state index in [2.05, 4.69) is 15.6 Å². The fourth-order valence-corrected chi connectivity index (χ4v) is 5.43. The quantitative estimate of drug-likeness (QED) is 0.468. The second kappa shape index (κ2) is 14.5. The van der Waals surface area contributed by atoms with Crippen molar-refractivity contribution in [2.75, 3.05) is 19.6 Å². The lowest BCUT2D eigenvalue weighted by molar-refractivity contribution is -0.125. The second-order valence-electron chi connectivity index (χ2n) is 12.3. The van der Waals surface area contributed by atoms with E-state index in [0.717, 1.165) is 36.9 Å². The van der Waals surface area contributed by atoms with E-state index in [0.29, 0.717) is 44.5 Å². The van der Waals surface area contributed by atoms with Crippen molar-refractivity contribution >= 4 is 17.9 Å². The van der Waals surface area contributed by atoms with Gasteiger partial charge in [0.2, 0.25) is 11.8 Å². The second-order valence-corrected chi connectivity index (χ2v) is 12.3. The van der Waals surface area contributed by atoms with Gasteiger partial charge in [0, 0.05) is 56.1 Å². The Labute approximate surface area is 247 Å². The van der Waals surface area contributed by atoms with E-state index in [1.807, 2.05) is 31.4 Å². The number of amides is 3. The minimum Gasteiger partial charge on any atom is -0.444 e. The molecule has 42 heavy (non-hydrogen) atoms. The average Bonchev–Trinajstić information content (AvgIpc) is 3.36. The number of benzene rings is 1. The summed E-state index contributed by atoms with van der Waals surface area (Å²) in [6.07, 6.45) is 11.6. The van der Waals surface area contributed by atoms with Gasteiger partial charge in [0.25, 0.3) is 0 Å². The van der Waals surface area contributed by atoms with Gasteiger partial charge in [0.15, 0.2) is 0 Å². The van der Waals surface area contributed by atoms with Gasteiger partial charge in [-0.3, -0.25) is 9.59 Å². The summed E-state index contributed by atoms with van der Waals surface area (Å²) in [4.78, 5) is 45.4. The predicted octanol–water partition coefficient (Wildman–Crippen LogP) is 4.75. The van der Waals surface area contributed by atoms with E-state index in [-0.39, 0.29) is 30.2 Å². The number of hydrogen-bond donors (Lipinski definition) is 2. The van der Waals surface area contributed by atoms with Gasteiger partial charge in [-0.2, -0.15) is 0 Å². The Morgan fingerprint density at radius 3 is 2.55 bits per heavy atom. The molecule has 1 aliphatic carbocycles. The predicted molar refractivity (Wildman–Crippen MR) is 158 cm³/mol. The van der Waals surface area contributed by atoms with Crippen LogP contribution >= 0.6 is 0 Å². The fourth-order valence-electron chi connectivity index (χ4n) is 5.43. The summed E-state index contributed by atoms with van der Waals surface area (Å²) >= 11 is 0. The molecule has 1 atom stereocenters. The maximum Gasteiger partial charge on any atom is 0.410 e. The molecule has 2 aliphatic rings. The van der Waals surface area contributed by atoms with Crippen LogP contribution in [0, 0.1) is 11.7 Å². The molecule has 10 heteroatoms. The number of rotatable bonds is 8. The molecule has 9 nitrogen and oxygen atoms in total. The van der Waals surface area contributed by atoms with Crippen LogP contribution in [0.3, 0.4) is 0 Å². The molecule has 3 amide bonds. The Hall–Kier alpha value is -3.69. The topological polar surface area (TPSA) is 106 Å². The summed E-state index contributed by atoms with van der Waals surface area (Å²) in [5.74, 6) is -1.10. The number of allylic oxidation sites excluding steroid dienone is 1. The zero-order chi connectivity index (χ0) is 30.1. The molecule has 2 N–H and O–H groups in total. The largest absolute Gasteiger partial charge is 0.444 e. The zero-order valence-corrected chi connectivity index (χ0v) is 25.0. The lowest BCUT2D eigenvalue weighted by Gasteiger charge is -2.31. The highest BCUT2D eigenvalue weighted by atomic mass is 19.1. The van der Waals surface area contributed by atoms with Gasteiger partial charge in [0.05, 0.1) is 12.2 Å². The maximum absolute atomic E-state index is 13.4. The molecule has 1 fully saturated rings. The van der Waals surface area contributed by atoms with E-state index in [1.54, 1.807) is 29.6 Å². The highest BCUT2D eigenvalue weighted by Gasteiger charge is 2.30. The van der Waals surface area contributed by atoms with E-state index < -0.39 is 17.6 Å². The van der Waals surface area contributed by atoms with E-state index in [1.165, 1.54) is 18.6 Å². The van der Waals surface area contributed by atoms with E-state index in [4.69, 9.17) is 4.74 Å². The average molecular weight is 582 g/mol. The van der Waals surface area contributed by atoms with Crippen LogP contribution in [-0.2, 0) is 27.3 Å². The van der Waals surface area contributed by atoms with Crippen molar-refractivity contribution in [3.63, 3.8) is 0 Å². The molecule has 0 saturated heterocycles. The maximum atomic E-state index is 13.4. The first-order valence-corrected chi connectivity index (χ1v) is 15.1. The Kier molecular flexibility index (Phi) is 10.8. The van der Waals surface area contributed by atoms with Crippen molar-refractivity contribution in [3.8, 4) is 0 Å². The summed E-state index contributed by atoms with van der Waals surface area (Å²) in [7, 11) is 0. The minimum absolute atomic E-state index is 0.110. The van der Waals surface area contributed by atoms with Gasteiger partial charge in [-0.25, -0.2) is 14.2 Å². The molecule has 228 valence electrons. The summed E-state index contributed by atoms with van der Waals surface area (Å²) < 4.78 is 20.9. The molecule has 0 radical (unpaired) electrons. The third kappa shape index (κ3) is 9.42. The normalized spacial score (nSPS) is 19.7. The minimum atomic E-state index is -0.676. The van der Waals surface area contributed by atoms with Crippen molar-refractivity contribution in [1.82, 2.24) is 25.1 Å². The molecular weight excluding hydrogens is 537 g/mol. The summed E-state index contributed by atoms with van der Waals surface area (Å²) in [6, 6.07) is 6.52. The lowest BCUT2D eigenvalue weighted by Crippen LogP contribution is -2.45. The van der Waals surface area contributed by atoms with Crippen LogP contribution in [0.2, 0.25) is 0 Å². The highest BCUT2D eigenvalue weighted by Crippen LogP contribution is 2.22. The van der Waals surface area contributed by atoms with Gasteiger partial charge in [0.1, 0.15) is 11.4 Å². The molecule has 4 rings (SSSR count). The third-order valence-electron chi connectivity index (χ3n) is 7.74. The Balaban J connectivity index is 1.39. The third-order valence-corrected chi connectivity index (χ3v) is 7.74. The molecule has 1 aromatic heterocycles. The van der Waals surface area contributed by atoms with Crippen LogP contribution in [0.15, 0.2) is 48.4 Å². The van der Waals surface area contributed by atoms with Crippen LogP contribution in [0.25, 0.3) is 0 Å². The van der Waals surface area contributed by atoms with Crippen LogP contribution < -0.4 is 10.6 Å². The zero-order valence-electron chi connectivity index (χ0n) is 25.0. The monoisotopic (exact) mass is 581 g/mol. The van der Waals surface area contributed by atoms with Crippen molar-refractivity contribution in [2.45, 2.75) is 90.3 Å². The molecule has 0 spiro atoms. The van der Waals surface area contributed by atoms with Crippen molar-refractivity contribution in [1.29, 1.82) is 0 Å². The SMILES string of the molecule is CC(C)(C)OC(=O)N1CC/C(C(=O)NC2CCCCC2)=C\C[C@@H](C(=O)NCCc2cncn2Cc2ccc(F)cc2)C1. The molecule has 2 aromatic rings. The van der Waals surface area contributed by atoms with Gasteiger partial charge < -0.3 is 24.8 Å². The Morgan fingerprint density at radius 2 is 1.83 bits per heavy atom. The number of carbonyl (C=O) groups excluding carboxylic acids is 3. The number of carbonyl (C=O) groups is 3. The van der Waals surface area contributed by atoms with Gasteiger partial charge >= 0.3 is 6.09 Å². The van der Waals surface area contributed by atoms with E-state index in [9.17, 15) is 18.8 Å². The van der Waals surface area contributed by atoms with Crippen LogP contribution in [-0.4, -0.2) is 63.6 Å². The summed E-state index contributed by atoms with van der Waals surface area (Å²) in [6.45, 7) is 6.86. The number of halogens is 1. The fraction of sp³-hybridized carbons (Fsp3) is 0.562. The summed E-state index contributed by atoms with van der Waals surface area (Å²) in [5.41, 5.74) is 1.82. The first-order chi connectivity index (χ1) is 20.1. The van der Waals surface area contributed by atoms with Gasteiger partial charge in [-0.1, -0.05) is 37.5 Å². The van der Waals surface area contributed by atoms with Crippen molar-refractivity contribution in [2.24, 2.45) is 5.92 Å². The number of imidazole rings is 1. The van der Waals surface area contributed by atoms with Crippen molar-refractivity contribution < 1.29 is 23.5 Å². The first kappa shape index (κ1) is 31.3. The standard InChI is InChI=1S/C32H44FN5O4/c1-32(2,3)42-31(41)37-18-16-24(30(40)36-27-7-5-4-6-8-27)11-12-25(21-37)29(39)35-17-15-28-19-34-22-38(28)20-23-9-13-26(33)14-10-23/h9-11,13-14,19,22,25,27H,4-8,12,15-18,20-21H2,1-3H3,(H,35,39)(H,36,40)/b24-11+/t25-/m1/s1. The van der Waals surface area contributed by atoms with Crippen molar-refractivity contribution in [3.05, 3.63) is 65.5 Å². The number of aromatic nitrogens is 2. The van der Waals surface area contributed by atoms with Gasteiger partial charge in [-0.15, -0.1) is 0 Å².